The molecular formula is C12H27N3Si. The first-order valence-electron chi connectivity index (χ1n) is 6.98. The van der Waals surface area contributed by atoms with Crippen LogP contribution in [0.1, 0.15) is 46.0 Å². The van der Waals surface area contributed by atoms with Gasteiger partial charge in [0.25, 0.3) is 0 Å². The molecule has 0 amide bonds. The van der Waals surface area contributed by atoms with Gasteiger partial charge < -0.3 is 0 Å². The van der Waals surface area contributed by atoms with Crippen molar-refractivity contribution in [3.63, 3.8) is 0 Å². The van der Waals surface area contributed by atoms with E-state index >= 15 is 0 Å². The first kappa shape index (κ1) is 12.6. The molecule has 4 heteroatoms. The van der Waals surface area contributed by atoms with Crippen LogP contribution in [-0.4, -0.2) is 56.3 Å². The summed E-state index contributed by atoms with van der Waals surface area (Å²) in [5, 5.41) is 0. The van der Waals surface area contributed by atoms with Crippen molar-refractivity contribution in [2.45, 2.75) is 58.3 Å². The second-order valence-corrected chi connectivity index (χ2v) is 7.28. The maximum absolute atomic E-state index is 2.85. The molecule has 94 valence electrons. The van der Waals surface area contributed by atoms with Crippen LogP contribution >= 0.6 is 0 Å². The van der Waals surface area contributed by atoms with E-state index < -0.39 is 0 Å². The standard InChI is InChI=1S/C12H27N3Si/c1-4-14(5-2)12-13(3)16-15(12)11-9-7-6-8-10-11/h11-12H,4-10,16H2,1-3H3. The van der Waals surface area contributed by atoms with Crippen molar-refractivity contribution < 1.29 is 0 Å². The van der Waals surface area contributed by atoms with Crippen molar-refractivity contribution in [2.24, 2.45) is 0 Å². The summed E-state index contributed by atoms with van der Waals surface area (Å²) in [6.07, 6.45) is 7.95. The van der Waals surface area contributed by atoms with E-state index in [0.29, 0.717) is 6.29 Å². The van der Waals surface area contributed by atoms with Gasteiger partial charge in [-0.05, 0) is 33.0 Å². The van der Waals surface area contributed by atoms with E-state index in [1.807, 2.05) is 0 Å². The Balaban J connectivity index is 1.94. The Kier molecular flexibility index (Phi) is 4.41. The van der Waals surface area contributed by atoms with Crippen LogP contribution < -0.4 is 0 Å². The molecular weight excluding hydrogens is 214 g/mol. The lowest BCUT2D eigenvalue weighted by Gasteiger charge is -2.57. The summed E-state index contributed by atoms with van der Waals surface area (Å²) in [5.74, 6) is 0. The topological polar surface area (TPSA) is 9.72 Å². The third-order valence-corrected chi connectivity index (χ3v) is 6.20. The van der Waals surface area contributed by atoms with E-state index in [1.165, 1.54) is 45.2 Å². The summed E-state index contributed by atoms with van der Waals surface area (Å²) in [6, 6.07) is 0.919. The molecule has 1 saturated heterocycles. The van der Waals surface area contributed by atoms with E-state index in [9.17, 15) is 0 Å². The zero-order valence-electron chi connectivity index (χ0n) is 11.2. The van der Waals surface area contributed by atoms with Crippen molar-refractivity contribution in [3.05, 3.63) is 0 Å². The smallest absolute Gasteiger partial charge is 0.177 e. The fourth-order valence-electron chi connectivity index (χ4n) is 3.32. The Labute approximate surface area is 103 Å². The maximum atomic E-state index is 2.85. The first-order chi connectivity index (χ1) is 7.77. The van der Waals surface area contributed by atoms with Gasteiger partial charge in [0.1, 0.15) is 6.29 Å². The van der Waals surface area contributed by atoms with Crippen molar-refractivity contribution in [1.82, 2.24) is 14.0 Å². The number of hydrogen-bond acceptors (Lipinski definition) is 3. The Morgan fingerprint density at radius 1 is 1.12 bits per heavy atom. The van der Waals surface area contributed by atoms with Gasteiger partial charge in [-0.3, -0.25) is 14.0 Å². The summed E-state index contributed by atoms with van der Waals surface area (Å²) in [6.45, 7) is 6.94. The second-order valence-electron chi connectivity index (χ2n) is 5.27. The molecule has 1 aliphatic heterocycles. The molecule has 1 heterocycles. The van der Waals surface area contributed by atoms with Gasteiger partial charge in [0.15, 0.2) is 9.84 Å². The normalized spacial score (nSPS) is 31.1. The average molecular weight is 241 g/mol. The molecule has 16 heavy (non-hydrogen) atoms. The van der Waals surface area contributed by atoms with Gasteiger partial charge in [0, 0.05) is 6.04 Å². The van der Waals surface area contributed by atoms with Gasteiger partial charge in [-0.25, -0.2) is 0 Å². The lowest BCUT2D eigenvalue weighted by atomic mass is 9.95. The van der Waals surface area contributed by atoms with Crippen LogP contribution in [0.25, 0.3) is 0 Å². The number of hydrogen-bond donors (Lipinski definition) is 0. The van der Waals surface area contributed by atoms with Crippen LogP contribution in [0, 0.1) is 0 Å². The Hall–Kier alpha value is 0.0969. The molecule has 2 rings (SSSR count). The van der Waals surface area contributed by atoms with Gasteiger partial charge >= 0.3 is 0 Å². The summed E-state index contributed by atoms with van der Waals surface area (Å²) in [7, 11) is 2.23. The highest BCUT2D eigenvalue weighted by Gasteiger charge is 2.41. The van der Waals surface area contributed by atoms with Gasteiger partial charge in [0.2, 0.25) is 0 Å². The van der Waals surface area contributed by atoms with E-state index in [-0.39, 0.29) is 9.84 Å². The molecule has 2 fully saturated rings. The first-order valence-corrected chi connectivity index (χ1v) is 8.24. The minimum Gasteiger partial charge on any atom is -0.292 e. The SMILES string of the molecule is CCN(CC)C1N(C)[SiH2]N1C1CCCCC1. The number of rotatable bonds is 4. The molecule has 1 aliphatic carbocycles. The zero-order chi connectivity index (χ0) is 11.5. The van der Waals surface area contributed by atoms with Gasteiger partial charge in [-0.15, -0.1) is 0 Å². The van der Waals surface area contributed by atoms with Crippen molar-refractivity contribution in [1.29, 1.82) is 0 Å². The van der Waals surface area contributed by atoms with Gasteiger partial charge in [-0.1, -0.05) is 33.1 Å². The van der Waals surface area contributed by atoms with E-state index in [1.54, 1.807) is 0 Å². The van der Waals surface area contributed by atoms with Gasteiger partial charge in [-0.2, -0.15) is 0 Å². The predicted molar refractivity (Wildman–Crippen MR) is 71.7 cm³/mol. The fourth-order valence-corrected chi connectivity index (χ4v) is 5.36. The van der Waals surface area contributed by atoms with Crippen LogP contribution in [-0.2, 0) is 0 Å². The Morgan fingerprint density at radius 2 is 1.75 bits per heavy atom. The predicted octanol–water partition coefficient (Wildman–Crippen LogP) is 1.19. The molecule has 0 radical (unpaired) electrons. The molecule has 1 atom stereocenters. The van der Waals surface area contributed by atoms with Crippen LogP contribution in [0.4, 0.5) is 0 Å². The summed E-state index contributed by atoms with van der Waals surface area (Å²) < 4.78 is 5.47. The Morgan fingerprint density at radius 3 is 2.25 bits per heavy atom. The highest BCUT2D eigenvalue weighted by atomic mass is 28.2. The van der Waals surface area contributed by atoms with Crippen molar-refractivity contribution in [2.75, 3.05) is 20.1 Å². The summed E-state index contributed by atoms with van der Waals surface area (Å²) >= 11 is 0. The largest absolute Gasteiger partial charge is 0.292 e. The molecule has 1 unspecified atom stereocenters. The molecule has 0 aromatic carbocycles. The van der Waals surface area contributed by atoms with Crippen molar-refractivity contribution >= 4 is 9.84 Å². The van der Waals surface area contributed by atoms with Crippen LogP contribution in [0.3, 0.4) is 0 Å². The molecule has 0 bridgehead atoms. The second kappa shape index (κ2) is 5.62. The summed E-state index contributed by atoms with van der Waals surface area (Å²) in [4.78, 5) is 2.60. The van der Waals surface area contributed by atoms with Crippen LogP contribution in [0.2, 0.25) is 0 Å². The molecule has 3 nitrogen and oxygen atoms in total. The van der Waals surface area contributed by atoms with Crippen molar-refractivity contribution in [3.8, 4) is 0 Å². The zero-order valence-corrected chi connectivity index (χ0v) is 12.6. The lowest BCUT2D eigenvalue weighted by molar-refractivity contribution is -0.0529. The monoisotopic (exact) mass is 241 g/mol. The minimum atomic E-state index is -0.0854. The molecule has 0 N–H and O–H groups in total. The quantitative estimate of drug-likeness (QED) is 0.685. The van der Waals surface area contributed by atoms with Gasteiger partial charge in [0.05, 0.1) is 0 Å². The Bertz CT molecular complexity index is 214. The van der Waals surface area contributed by atoms with Crippen LogP contribution in [0.5, 0.6) is 0 Å². The molecule has 2 aliphatic rings. The molecule has 0 aromatic rings. The number of nitrogens with zero attached hydrogens (tertiary/aromatic N) is 3. The molecule has 1 saturated carbocycles. The minimum absolute atomic E-state index is 0.0854. The van der Waals surface area contributed by atoms with Crippen LogP contribution in [0.15, 0.2) is 0 Å². The highest BCUT2D eigenvalue weighted by molar-refractivity contribution is 6.32. The highest BCUT2D eigenvalue weighted by Crippen LogP contribution is 2.29. The molecule has 0 spiro atoms. The summed E-state index contributed by atoms with van der Waals surface area (Å²) in [5.41, 5.74) is 0. The lowest BCUT2D eigenvalue weighted by Crippen LogP contribution is -2.73. The third kappa shape index (κ3) is 2.35. The fraction of sp³-hybridized carbons (Fsp3) is 1.00. The molecule has 0 aromatic heterocycles. The van der Waals surface area contributed by atoms with E-state index in [0.717, 1.165) is 6.04 Å². The third-order valence-electron chi connectivity index (χ3n) is 4.26. The van der Waals surface area contributed by atoms with E-state index in [4.69, 9.17) is 0 Å². The maximum Gasteiger partial charge on any atom is 0.177 e. The van der Waals surface area contributed by atoms with E-state index in [2.05, 4.69) is 34.9 Å². The average Bonchev–Trinajstić information content (AvgIpc) is 2.33.